The van der Waals surface area contributed by atoms with Gasteiger partial charge in [0.2, 0.25) is 0 Å². The molecule has 1 rings (SSSR count). The van der Waals surface area contributed by atoms with Crippen LogP contribution in [-0.2, 0) is 4.74 Å². The quantitative estimate of drug-likeness (QED) is 0.424. The molecule has 0 aromatic heterocycles. The first kappa shape index (κ1) is 6.37. The molecule has 1 aliphatic heterocycles. The van der Waals surface area contributed by atoms with Gasteiger partial charge in [-0.3, -0.25) is 0 Å². The summed E-state index contributed by atoms with van der Waals surface area (Å²) in [5.74, 6) is 0. The summed E-state index contributed by atoms with van der Waals surface area (Å²) in [4.78, 5) is 0. The van der Waals surface area contributed by atoms with Crippen LogP contribution in [0, 0.1) is 0 Å². The van der Waals surface area contributed by atoms with Crippen molar-refractivity contribution < 1.29 is 4.74 Å². The fourth-order valence-electron chi connectivity index (χ4n) is 0.656. The number of halogens is 1. The van der Waals surface area contributed by atoms with E-state index in [4.69, 9.17) is 16.3 Å². The van der Waals surface area contributed by atoms with Crippen molar-refractivity contribution in [3.05, 3.63) is 0 Å². The molecule has 0 aromatic carbocycles. The predicted octanol–water partition coefficient (Wildman–Crippen LogP) is 1.79. The highest BCUT2D eigenvalue weighted by atomic mass is 35.5. The zero-order valence-electron chi connectivity index (χ0n) is 5.06. The second-order valence-electron chi connectivity index (χ2n) is 2.20. The molecule has 0 bridgehead atoms. The van der Waals surface area contributed by atoms with E-state index in [1.54, 1.807) is 0 Å². The van der Waals surface area contributed by atoms with Crippen LogP contribution in [0.3, 0.4) is 0 Å². The van der Waals surface area contributed by atoms with Crippen LogP contribution in [-0.4, -0.2) is 18.1 Å². The molecular weight excluding hydrogens is 124 g/mol. The maximum Gasteiger partial charge on any atom is 0.0824 e. The van der Waals surface area contributed by atoms with Gasteiger partial charge in [0.15, 0.2) is 0 Å². The van der Waals surface area contributed by atoms with Crippen LogP contribution in [0.2, 0.25) is 0 Å². The van der Waals surface area contributed by atoms with Crippen molar-refractivity contribution in [2.75, 3.05) is 6.61 Å². The molecule has 8 heavy (non-hydrogen) atoms. The smallest absolute Gasteiger partial charge is 0.0824 e. The summed E-state index contributed by atoms with van der Waals surface area (Å²) in [6, 6.07) is 0. The number of rotatable bonds is 3. The van der Waals surface area contributed by atoms with Crippen molar-refractivity contribution in [1.82, 2.24) is 0 Å². The van der Waals surface area contributed by atoms with Crippen LogP contribution in [0.4, 0.5) is 0 Å². The van der Waals surface area contributed by atoms with Gasteiger partial charge < -0.3 is 4.74 Å². The molecular formula is C6H11ClO. The largest absolute Gasteiger partial charge is 0.373 e. The highest BCUT2D eigenvalue weighted by Crippen LogP contribution is 2.19. The summed E-state index contributed by atoms with van der Waals surface area (Å²) in [5.41, 5.74) is 0. The Kier molecular flexibility index (Phi) is 2.15. The first-order chi connectivity index (χ1) is 3.83. The van der Waals surface area contributed by atoms with E-state index in [-0.39, 0.29) is 0 Å². The van der Waals surface area contributed by atoms with Crippen molar-refractivity contribution >= 4 is 11.6 Å². The summed E-state index contributed by atoms with van der Waals surface area (Å²) in [6.45, 7) is 3.03. The van der Waals surface area contributed by atoms with E-state index in [0.717, 1.165) is 19.4 Å². The van der Waals surface area contributed by atoms with Gasteiger partial charge in [0.05, 0.1) is 12.7 Å². The minimum absolute atomic E-state index is 0.336. The normalized spacial score (nSPS) is 30.0. The Bertz CT molecular complexity index is 70.9. The lowest BCUT2D eigenvalue weighted by Gasteiger charge is -1.99. The molecule has 1 saturated heterocycles. The minimum Gasteiger partial charge on any atom is -0.373 e. The van der Waals surface area contributed by atoms with E-state index >= 15 is 0 Å². The Hall–Kier alpha value is 0.250. The zero-order valence-corrected chi connectivity index (χ0v) is 5.82. The number of hydrogen-bond acceptors (Lipinski definition) is 1. The van der Waals surface area contributed by atoms with Gasteiger partial charge in [-0.15, -0.1) is 11.6 Å². The molecule has 0 radical (unpaired) electrons. The molecule has 0 aromatic rings. The van der Waals surface area contributed by atoms with Crippen LogP contribution in [0.1, 0.15) is 19.8 Å². The van der Waals surface area contributed by atoms with Crippen LogP contribution in [0.5, 0.6) is 0 Å². The van der Waals surface area contributed by atoms with E-state index in [2.05, 4.69) is 6.92 Å². The molecule has 1 nitrogen and oxygen atoms in total. The van der Waals surface area contributed by atoms with Crippen LogP contribution < -0.4 is 0 Å². The van der Waals surface area contributed by atoms with Crippen molar-refractivity contribution in [2.45, 2.75) is 31.2 Å². The van der Waals surface area contributed by atoms with Gasteiger partial charge in [0.1, 0.15) is 0 Å². The van der Waals surface area contributed by atoms with Crippen molar-refractivity contribution in [1.29, 1.82) is 0 Å². The van der Waals surface area contributed by atoms with Crippen molar-refractivity contribution in [3.8, 4) is 0 Å². The number of epoxide rings is 1. The lowest BCUT2D eigenvalue weighted by molar-refractivity contribution is 0.392. The SMILES string of the molecule is CCC(Cl)CC1CO1. The van der Waals surface area contributed by atoms with E-state index in [1.165, 1.54) is 0 Å². The highest BCUT2D eigenvalue weighted by molar-refractivity contribution is 6.20. The monoisotopic (exact) mass is 134 g/mol. The lowest BCUT2D eigenvalue weighted by atomic mass is 10.2. The number of alkyl halides is 1. The third kappa shape index (κ3) is 2.01. The Balaban J connectivity index is 1.98. The topological polar surface area (TPSA) is 12.5 Å². The molecule has 2 heteroatoms. The van der Waals surface area contributed by atoms with E-state index in [9.17, 15) is 0 Å². The molecule has 48 valence electrons. The van der Waals surface area contributed by atoms with Crippen LogP contribution in [0.15, 0.2) is 0 Å². The number of hydrogen-bond donors (Lipinski definition) is 0. The average molecular weight is 135 g/mol. The second kappa shape index (κ2) is 2.70. The first-order valence-corrected chi connectivity index (χ1v) is 3.52. The molecule has 0 spiro atoms. The maximum absolute atomic E-state index is 5.82. The molecule has 1 fully saturated rings. The Labute approximate surface area is 55.0 Å². The molecule has 0 aliphatic carbocycles. The molecule has 0 amide bonds. The highest BCUT2D eigenvalue weighted by Gasteiger charge is 2.24. The van der Waals surface area contributed by atoms with Gasteiger partial charge in [-0.25, -0.2) is 0 Å². The summed E-state index contributed by atoms with van der Waals surface area (Å²) in [7, 11) is 0. The summed E-state index contributed by atoms with van der Waals surface area (Å²) in [6.07, 6.45) is 2.59. The third-order valence-electron chi connectivity index (χ3n) is 1.36. The molecule has 0 saturated carbocycles. The fraction of sp³-hybridized carbons (Fsp3) is 1.00. The van der Waals surface area contributed by atoms with Gasteiger partial charge in [-0.2, -0.15) is 0 Å². The summed E-state index contributed by atoms with van der Waals surface area (Å²) < 4.78 is 5.00. The summed E-state index contributed by atoms with van der Waals surface area (Å²) >= 11 is 5.82. The lowest BCUT2D eigenvalue weighted by Crippen LogP contribution is -1.99. The Morgan fingerprint density at radius 1 is 1.88 bits per heavy atom. The van der Waals surface area contributed by atoms with Crippen molar-refractivity contribution in [2.24, 2.45) is 0 Å². The maximum atomic E-state index is 5.82. The first-order valence-electron chi connectivity index (χ1n) is 3.08. The third-order valence-corrected chi connectivity index (χ3v) is 1.85. The molecule has 0 N–H and O–H groups in total. The molecule has 2 atom stereocenters. The zero-order chi connectivity index (χ0) is 5.98. The standard InChI is InChI=1S/C6H11ClO/c1-2-5(7)3-6-4-8-6/h5-6H,2-4H2,1H3. The molecule has 2 unspecified atom stereocenters. The molecule has 1 heterocycles. The van der Waals surface area contributed by atoms with Crippen molar-refractivity contribution in [3.63, 3.8) is 0 Å². The molecule has 1 aliphatic rings. The summed E-state index contributed by atoms with van der Waals surface area (Å²) in [5, 5.41) is 0.336. The van der Waals surface area contributed by atoms with Gasteiger partial charge in [0, 0.05) is 5.38 Å². The van der Waals surface area contributed by atoms with Crippen LogP contribution in [0.25, 0.3) is 0 Å². The Morgan fingerprint density at radius 3 is 2.88 bits per heavy atom. The average Bonchev–Trinajstić information content (AvgIpc) is 2.50. The van der Waals surface area contributed by atoms with Gasteiger partial charge in [0.25, 0.3) is 0 Å². The van der Waals surface area contributed by atoms with Gasteiger partial charge in [-0.05, 0) is 12.8 Å². The van der Waals surface area contributed by atoms with E-state index in [1.807, 2.05) is 0 Å². The van der Waals surface area contributed by atoms with Gasteiger partial charge in [-0.1, -0.05) is 6.92 Å². The second-order valence-corrected chi connectivity index (χ2v) is 2.81. The minimum atomic E-state index is 0.336. The van der Waals surface area contributed by atoms with Crippen LogP contribution >= 0.6 is 11.6 Å². The van der Waals surface area contributed by atoms with E-state index in [0.29, 0.717) is 11.5 Å². The Morgan fingerprint density at radius 2 is 2.50 bits per heavy atom. The predicted molar refractivity (Wildman–Crippen MR) is 34.3 cm³/mol. The van der Waals surface area contributed by atoms with E-state index < -0.39 is 0 Å². The van der Waals surface area contributed by atoms with Gasteiger partial charge >= 0.3 is 0 Å². The number of ether oxygens (including phenoxy) is 1. The fourth-order valence-corrected chi connectivity index (χ4v) is 0.855.